The zero-order valence-corrected chi connectivity index (χ0v) is 10.3. The number of rotatable bonds is 4. The van der Waals surface area contributed by atoms with Crippen molar-refractivity contribution in [3.05, 3.63) is 53.9 Å². The summed E-state index contributed by atoms with van der Waals surface area (Å²) in [6, 6.07) is 6.46. The number of hydrogen-bond donors (Lipinski definition) is 1. The maximum atomic E-state index is 4.14. The fourth-order valence-electron chi connectivity index (χ4n) is 1.85. The number of hydrogen-bond acceptors (Lipinski definition) is 2. The second-order valence-electron chi connectivity index (χ2n) is 4.24. The van der Waals surface area contributed by atoms with Crippen LogP contribution in [-0.2, 0) is 6.54 Å². The molecule has 0 aliphatic rings. The third-order valence-corrected chi connectivity index (χ3v) is 2.56. The van der Waals surface area contributed by atoms with E-state index < -0.39 is 0 Å². The monoisotopic (exact) mass is 227 g/mol. The molecule has 1 heterocycles. The normalized spacial score (nSPS) is 10.2. The van der Waals surface area contributed by atoms with Crippen LogP contribution in [-0.4, -0.2) is 9.78 Å². The van der Waals surface area contributed by atoms with Gasteiger partial charge in [0.25, 0.3) is 0 Å². The van der Waals surface area contributed by atoms with Crippen LogP contribution in [0.4, 0.5) is 5.69 Å². The van der Waals surface area contributed by atoms with Crippen LogP contribution in [0.3, 0.4) is 0 Å². The molecule has 3 heteroatoms. The molecule has 0 saturated heterocycles. The zero-order chi connectivity index (χ0) is 12.3. The SMILES string of the molecule is C=Cn1cc(CNc2cc(C)cc(C)c2)cn1. The third-order valence-electron chi connectivity index (χ3n) is 2.56. The Hall–Kier alpha value is -2.03. The van der Waals surface area contributed by atoms with Gasteiger partial charge in [-0.2, -0.15) is 5.10 Å². The predicted octanol–water partition coefficient (Wildman–Crippen LogP) is 3.21. The first-order valence-electron chi connectivity index (χ1n) is 5.65. The highest BCUT2D eigenvalue weighted by Crippen LogP contribution is 2.14. The lowest BCUT2D eigenvalue weighted by Gasteiger charge is -2.07. The lowest BCUT2D eigenvalue weighted by Crippen LogP contribution is -1.99. The number of anilines is 1. The van der Waals surface area contributed by atoms with Gasteiger partial charge in [0, 0.05) is 30.2 Å². The van der Waals surface area contributed by atoms with E-state index in [2.05, 4.69) is 49.0 Å². The van der Waals surface area contributed by atoms with E-state index in [9.17, 15) is 0 Å². The maximum absolute atomic E-state index is 4.14. The Bertz CT molecular complexity index is 506. The van der Waals surface area contributed by atoms with Crippen molar-refractivity contribution in [3.8, 4) is 0 Å². The summed E-state index contributed by atoms with van der Waals surface area (Å²) in [5.74, 6) is 0. The molecule has 1 aromatic carbocycles. The van der Waals surface area contributed by atoms with Gasteiger partial charge >= 0.3 is 0 Å². The van der Waals surface area contributed by atoms with Gasteiger partial charge in [0.05, 0.1) is 6.20 Å². The molecule has 2 aromatic rings. The number of benzene rings is 1. The first kappa shape index (κ1) is 11.5. The third kappa shape index (κ3) is 2.97. The van der Waals surface area contributed by atoms with E-state index in [0.717, 1.165) is 17.8 Å². The molecule has 0 unspecified atom stereocenters. The predicted molar refractivity (Wildman–Crippen MR) is 71.9 cm³/mol. The average Bonchev–Trinajstić information content (AvgIpc) is 2.73. The quantitative estimate of drug-likeness (QED) is 0.869. The van der Waals surface area contributed by atoms with Crippen molar-refractivity contribution in [2.75, 3.05) is 5.32 Å². The summed E-state index contributed by atoms with van der Waals surface area (Å²) in [4.78, 5) is 0. The van der Waals surface area contributed by atoms with Crippen molar-refractivity contribution < 1.29 is 0 Å². The van der Waals surface area contributed by atoms with Crippen molar-refractivity contribution in [1.29, 1.82) is 0 Å². The van der Waals surface area contributed by atoms with Gasteiger partial charge in [0.15, 0.2) is 0 Å². The summed E-state index contributed by atoms with van der Waals surface area (Å²) in [5, 5.41) is 7.53. The maximum Gasteiger partial charge on any atom is 0.0543 e. The van der Waals surface area contributed by atoms with Gasteiger partial charge in [-0.3, -0.25) is 0 Å². The first-order chi connectivity index (χ1) is 8.17. The van der Waals surface area contributed by atoms with Crippen LogP contribution in [0.2, 0.25) is 0 Å². The van der Waals surface area contributed by atoms with Crippen LogP contribution >= 0.6 is 0 Å². The Morgan fingerprint density at radius 1 is 1.29 bits per heavy atom. The van der Waals surface area contributed by atoms with E-state index >= 15 is 0 Å². The van der Waals surface area contributed by atoms with Crippen LogP contribution in [0.5, 0.6) is 0 Å². The van der Waals surface area contributed by atoms with Gasteiger partial charge in [-0.15, -0.1) is 0 Å². The molecule has 0 radical (unpaired) electrons. The second kappa shape index (κ2) is 4.87. The number of aryl methyl sites for hydroxylation is 2. The Kier molecular flexibility index (Phi) is 3.28. The van der Waals surface area contributed by atoms with Crippen LogP contribution in [0.25, 0.3) is 6.20 Å². The number of nitrogens with one attached hydrogen (secondary N) is 1. The average molecular weight is 227 g/mol. The Labute approximate surface area is 102 Å². The summed E-state index contributed by atoms with van der Waals surface area (Å²) in [6.07, 6.45) is 5.49. The van der Waals surface area contributed by atoms with E-state index in [4.69, 9.17) is 0 Å². The van der Waals surface area contributed by atoms with Crippen LogP contribution in [0.15, 0.2) is 37.2 Å². The standard InChI is InChI=1S/C14H17N3/c1-4-17-10-13(9-16-17)8-15-14-6-11(2)5-12(3)7-14/h4-7,9-10,15H,1,8H2,2-3H3. The molecular weight excluding hydrogens is 210 g/mol. The van der Waals surface area contributed by atoms with Crippen molar-refractivity contribution in [1.82, 2.24) is 9.78 Å². The molecule has 17 heavy (non-hydrogen) atoms. The molecular formula is C14H17N3. The van der Waals surface area contributed by atoms with Gasteiger partial charge in [-0.25, -0.2) is 4.68 Å². The van der Waals surface area contributed by atoms with Crippen molar-refractivity contribution in [2.24, 2.45) is 0 Å². The van der Waals surface area contributed by atoms with E-state index in [-0.39, 0.29) is 0 Å². The summed E-state index contributed by atoms with van der Waals surface area (Å²) in [5.41, 5.74) is 4.83. The minimum absolute atomic E-state index is 0.775. The van der Waals surface area contributed by atoms with E-state index in [1.54, 1.807) is 10.9 Å². The van der Waals surface area contributed by atoms with E-state index in [1.807, 2.05) is 12.4 Å². The summed E-state index contributed by atoms with van der Waals surface area (Å²) in [7, 11) is 0. The summed E-state index contributed by atoms with van der Waals surface area (Å²) < 4.78 is 1.71. The minimum Gasteiger partial charge on any atom is -0.381 e. The Balaban J connectivity index is 2.04. The lowest BCUT2D eigenvalue weighted by atomic mass is 10.1. The topological polar surface area (TPSA) is 29.9 Å². The van der Waals surface area contributed by atoms with Gasteiger partial charge in [-0.05, 0) is 37.1 Å². The van der Waals surface area contributed by atoms with Crippen molar-refractivity contribution >= 4 is 11.9 Å². The van der Waals surface area contributed by atoms with Crippen LogP contribution < -0.4 is 5.32 Å². The molecule has 88 valence electrons. The van der Waals surface area contributed by atoms with Gasteiger partial charge in [0.2, 0.25) is 0 Å². The Morgan fingerprint density at radius 2 is 2.00 bits per heavy atom. The molecule has 0 aliphatic carbocycles. The molecule has 0 spiro atoms. The van der Waals surface area contributed by atoms with Crippen molar-refractivity contribution in [2.45, 2.75) is 20.4 Å². The molecule has 0 saturated carbocycles. The molecule has 0 amide bonds. The highest BCUT2D eigenvalue weighted by atomic mass is 15.2. The molecule has 1 N–H and O–H groups in total. The van der Waals surface area contributed by atoms with Gasteiger partial charge in [0.1, 0.15) is 0 Å². The molecule has 1 aromatic heterocycles. The smallest absolute Gasteiger partial charge is 0.0543 e. The summed E-state index contributed by atoms with van der Waals surface area (Å²) in [6.45, 7) is 8.65. The highest BCUT2D eigenvalue weighted by molar-refractivity contribution is 5.48. The van der Waals surface area contributed by atoms with E-state index in [0.29, 0.717) is 0 Å². The fourth-order valence-corrected chi connectivity index (χ4v) is 1.85. The number of aromatic nitrogens is 2. The molecule has 2 rings (SSSR count). The van der Waals surface area contributed by atoms with Gasteiger partial charge < -0.3 is 5.32 Å². The highest BCUT2D eigenvalue weighted by Gasteiger charge is 1.98. The largest absolute Gasteiger partial charge is 0.381 e. The summed E-state index contributed by atoms with van der Waals surface area (Å²) >= 11 is 0. The lowest BCUT2D eigenvalue weighted by molar-refractivity contribution is 0.936. The van der Waals surface area contributed by atoms with Crippen molar-refractivity contribution in [3.63, 3.8) is 0 Å². The van der Waals surface area contributed by atoms with Crippen LogP contribution in [0.1, 0.15) is 16.7 Å². The van der Waals surface area contributed by atoms with E-state index in [1.165, 1.54) is 11.1 Å². The molecule has 0 aliphatic heterocycles. The number of nitrogens with zero attached hydrogens (tertiary/aromatic N) is 2. The fraction of sp³-hybridized carbons (Fsp3) is 0.214. The van der Waals surface area contributed by atoms with Crippen LogP contribution in [0, 0.1) is 13.8 Å². The van der Waals surface area contributed by atoms with Gasteiger partial charge in [-0.1, -0.05) is 12.6 Å². The molecule has 0 atom stereocenters. The first-order valence-corrected chi connectivity index (χ1v) is 5.65. The molecule has 3 nitrogen and oxygen atoms in total. The minimum atomic E-state index is 0.775. The molecule has 0 bridgehead atoms. The Morgan fingerprint density at radius 3 is 2.59 bits per heavy atom. The zero-order valence-electron chi connectivity index (χ0n) is 10.3. The second-order valence-corrected chi connectivity index (χ2v) is 4.24. The molecule has 0 fully saturated rings.